The summed E-state index contributed by atoms with van der Waals surface area (Å²) in [5.41, 5.74) is 1.53. The molecule has 0 radical (unpaired) electrons. The molecule has 2 rings (SSSR count). The van der Waals surface area contributed by atoms with Crippen LogP contribution >= 0.6 is 0 Å². The zero-order valence-electron chi connectivity index (χ0n) is 14.0. The van der Waals surface area contributed by atoms with Crippen molar-refractivity contribution in [3.05, 3.63) is 35.3 Å². The van der Waals surface area contributed by atoms with Crippen LogP contribution in [0.4, 0.5) is 0 Å². The van der Waals surface area contributed by atoms with Crippen molar-refractivity contribution in [2.75, 3.05) is 26.9 Å². The van der Waals surface area contributed by atoms with Gasteiger partial charge >= 0.3 is 0 Å². The fourth-order valence-electron chi connectivity index (χ4n) is 2.32. The quantitative estimate of drug-likeness (QED) is 0.654. The van der Waals surface area contributed by atoms with Gasteiger partial charge in [-0.2, -0.15) is 0 Å². The van der Waals surface area contributed by atoms with Crippen LogP contribution in [0.15, 0.2) is 29.7 Å². The van der Waals surface area contributed by atoms with Crippen LogP contribution in [0.3, 0.4) is 0 Å². The van der Waals surface area contributed by atoms with E-state index >= 15 is 0 Å². The number of carbonyl (C=O) groups is 1. The van der Waals surface area contributed by atoms with Crippen LogP contribution in [0.1, 0.15) is 32.3 Å². The van der Waals surface area contributed by atoms with Crippen LogP contribution in [-0.4, -0.2) is 32.7 Å². The van der Waals surface area contributed by atoms with Crippen LogP contribution in [0, 0.1) is 0 Å². The van der Waals surface area contributed by atoms with Crippen molar-refractivity contribution in [2.24, 2.45) is 0 Å². The van der Waals surface area contributed by atoms with Crippen molar-refractivity contribution in [1.82, 2.24) is 0 Å². The summed E-state index contributed by atoms with van der Waals surface area (Å²) in [7, 11) is 1.61. The molecule has 0 aromatic heterocycles. The molecule has 1 aliphatic rings. The van der Waals surface area contributed by atoms with E-state index < -0.39 is 0 Å². The van der Waals surface area contributed by atoms with E-state index in [0.29, 0.717) is 36.9 Å². The molecule has 0 N–H and O–H groups in total. The normalized spacial score (nSPS) is 14.0. The van der Waals surface area contributed by atoms with Gasteiger partial charge in [-0.25, -0.2) is 0 Å². The minimum absolute atomic E-state index is 0.0318. The van der Waals surface area contributed by atoms with Gasteiger partial charge in [0.25, 0.3) is 5.95 Å². The first kappa shape index (κ1) is 17.2. The Balaban J connectivity index is 2.14. The van der Waals surface area contributed by atoms with Crippen LogP contribution in [0.25, 0.3) is 0 Å². The van der Waals surface area contributed by atoms with E-state index in [-0.39, 0.29) is 12.4 Å². The number of hydrogen-bond acceptors (Lipinski definition) is 5. The zero-order valence-corrected chi connectivity index (χ0v) is 14.0. The first-order chi connectivity index (χ1) is 11.2. The van der Waals surface area contributed by atoms with Crippen LogP contribution < -0.4 is 9.47 Å². The third-order valence-corrected chi connectivity index (χ3v) is 3.56. The van der Waals surface area contributed by atoms with Gasteiger partial charge in [0, 0.05) is 6.42 Å². The molecule has 1 aliphatic heterocycles. The molecule has 0 unspecified atom stereocenters. The molecular formula is C18H24O5. The fourth-order valence-corrected chi connectivity index (χ4v) is 2.32. The number of rotatable bonds is 9. The molecule has 0 aliphatic carbocycles. The van der Waals surface area contributed by atoms with Crippen molar-refractivity contribution in [3.63, 3.8) is 0 Å². The third-order valence-electron chi connectivity index (χ3n) is 3.56. The second-order valence-corrected chi connectivity index (χ2v) is 5.27. The van der Waals surface area contributed by atoms with Gasteiger partial charge in [-0.05, 0) is 31.0 Å². The first-order valence-electron chi connectivity index (χ1n) is 8.01. The van der Waals surface area contributed by atoms with Gasteiger partial charge < -0.3 is 18.9 Å². The predicted octanol–water partition coefficient (Wildman–Crippen LogP) is 3.26. The van der Waals surface area contributed by atoms with Crippen LogP contribution in [0.5, 0.6) is 11.5 Å². The molecule has 1 aromatic carbocycles. The summed E-state index contributed by atoms with van der Waals surface area (Å²) in [6, 6.07) is 5.71. The van der Waals surface area contributed by atoms with E-state index in [4.69, 9.17) is 18.9 Å². The number of ether oxygens (including phenoxy) is 4. The molecule has 0 atom stereocenters. The highest BCUT2D eigenvalue weighted by Gasteiger charge is 2.26. The number of methoxy groups -OCH3 is 1. The van der Waals surface area contributed by atoms with Gasteiger partial charge in [0.05, 0.1) is 25.9 Å². The topological polar surface area (TPSA) is 54.0 Å². The third kappa shape index (κ3) is 4.41. The summed E-state index contributed by atoms with van der Waals surface area (Å²) in [5.74, 6) is 1.71. The summed E-state index contributed by atoms with van der Waals surface area (Å²) in [6.45, 7) is 5.17. The lowest BCUT2D eigenvalue weighted by molar-refractivity contribution is -0.117. The molecule has 0 saturated carbocycles. The predicted molar refractivity (Wildman–Crippen MR) is 86.7 cm³/mol. The number of carbonyl (C=O) groups excluding carboxylic acids is 1. The molecule has 0 spiro atoms. The Bertz CT molecular complexity index is 577. The molecule has 23 heavy (non-hydrogen) atoms. The average Bonchev–Trinajstić information content (AvgIpc) is 2.90. The lowest BCUT2D eigenvalue weighted by Gasteiger charge is -2.12. The van der Waals surface area contributed by atoms with Crippen LogP contribution in [-0.2, 0) is 20.7 Å². The largest absolute Gasteiger partial charge is 0.493 e. The van der Waals surface area contributed by atoms with Crippen molar-refractivity contribution < 1.29 is 23.7 Å². The second kappa shape index (κ2) is 8.46. The van der Waals surface area contributed by atoms with Gasteiger partial charge in [0.1, 0.15) is 0 Å². The van der Waals surface area contributed by atoms with Gasteiger partial charge in [-0.3, -0.25) is 4.79 Å². The van der Waals surface area contributed by atoms with Crippen LogP contribution in [0.2, 0.25) is 0 Å². The van der Waals surface area contributed by atoms with Gasteiger partial charge in [-0.15, -0.1) is 0 Å². The van der Waals surface area contributed by atoms with E-state index in [9.17, 15) is 4.79 Å². The maximum atomic E-state index is 11.9. The van der Waals surface area contributed by atoms with Gasteiger partial charge in [-0.1, -0.05) is 19.4 Å². The Morgan fingerprint density at radius 1 is 1.17 bits per heavy atom. The molecule has 5 heteroatoms. The summed E-state index contributed by atoms with van der Waals surface area (Å²) < 4.78 is 21.8. The molecule has 1 heterocycles. The molecule has 0 saturated heterocycles. The molecule has 0 fully saturated rings. The monoisotopic (exact) mass is 320 g/mol. The Morgan fingerprint density at radius 3 is 2.70 bits per heavy atom. The smallest absolute Gasteiger partial charge is 0.287 e. The summed E-state index contributed by atoms with van der Waals surface area (Å²) in [6.07, 6.45) is 2.54. The fraction of sp³-hybridized carbons (Fsp3) is 0.500. The number of unbranched alkanes of at least 4 members (excludes halogenated alkanes) is 1. The van der Waals surface area contributed by atoms with E-state index in [1.54, 1.807) is 7.11 Å². The first-order valence-corrected chi connectivity index (χ1v) is 8.01. The summed E-state index contributed by atoms with van der Waals surface area (Å²) in [5, 5.41) is 0. The Labute approximate surface area is 137 Å². The maximum Gasteiger partial charge on any atom is 0.287 e. The Kier molecular flexibility index (Phi) is 6.32. The van der Waals surface area contributed by atoms with E-state index in [2.05, 4.69) is 6.92 Å². The number of benzene rings is 1. The minimum Gasteiger partial charge on any atom is -0.493 e. The zero-order chi connectivity index (χ0) is 16.7. The highest BCUT2D eigenvalue weighted by Crippen LogP contribution is 2.30. The molecular weight excluding hydrogens is 296 g/mol. The molecule has 126 valence electrons. The van der Waals surface area contributed by atoms with E-state index in [0.717, 1.165) is 24.2 Å². The van der Waals surface area contributed by atoms with Crippen molar-refractivity contribution in [3.8, 4) is 11.5 Å². The summed E-state index contributed by atoms with van der Waals surface area (Å²) in [4.78, 5) is 11.9. The molecule has 0 amide bonds. The lowest BCUT2D eigenvalue weighted by Crippen LogP contribution is -2.05. The second-order valence-electron chi connectivity index (χ2n) is 5.27. The van der Waals surface area contributed by atoms with Crippen molar-refractivity contribution in [2.45, 2.75) is 33.1 Å². The number of hydrogen-bond donors (Lipinski definition) is 0. The minimum atomic E-state index is -0.0318. The highest BCUT2D eigenvalue weighted by molar-refractivity contribution is 5.98. The maximum absolute atomic E-state index is 11.9. The van der Waals surface area contributed by atoms with Gasteiger partial charge in [0.15, 0.2) is 18.1 Å². The summed E-state index contributed by atoms with van der Waals surface area (Å²) >= 11 is 0. The van der Waals surface area contributed by atoms with E-state index in [1.807, 2.05) is 25.1 Å². The van der Waals surface area contributed by atoms with Gasteiger partial charge in [0.2, 0.25) is 5.78 Å². The highest BCUT2D eigenvalue weighted by atomic mass is 16.7. The molecule has 0 bridgehead atoms. The van der Waals surface area contributed by atoms with E-state index in [1.165, 1.54) is 0 Å². The lowest BCUT2D eigenvalue weighted by atomic mass is 10.0. The standard InChI is InChI=1S/C18H24O5/c1-4-6-9-22-16-8-7-13(11-17(16)20-3)10-14-15(19)12-23-18(14)21-5-2/h7-8,11H,4-6,9-10,12H2,1-3H3. The number of Topliss-reactive ketones (excluding diaryl/α,β-unsaturated/α-hetero) is 1. The SMILES string of the molecule is CCCCOc1ccc(CC2=C(OCC)OCC2=O)cc1OC. The number of ketones is 1. The Hall–Kier alpha value is -2.17. The van der Waals surface area contributed by atoms with Crippen molar-refractivity contribution in [1.29, 1.82) is 0 Å². The Morgan fingerprint density at radius 2 is 2.00 bits per heavy atom. The molecule has 1 aromatic rings. The molecule has 5 nitrogen and oxygen atoms in total. The average molecular weight is 320 g/mol. The van der Waals surface area contributed by atoms with Crippen molar-refractivity contribution >= 4 is 5.78 Å².